The van der Waals surface area contributed by atoms with Crippen LogP contribution in [0.4, 0.5) is 15.3 Å². The monoisotopic (exact) mass is 792 g/mol. The van der Waals surface area contributed by atoms with E-state index in [1.807, 2.05) is 49.4 Å². The van der Waals surface area contributed by atoms with Gasteiger partial charge in [0.25, 0.3) is 5.91 Å². The molecule has 0 radical (unpaired) electrons. The number of aromatic amines is 1. The maximum Gasteiger partial charge on any atom is 0.407 e. The molecule has 0 bridgehead atoms. The summed E-state index contributed by atoms with van der Waals surface area (Å²) in [4.78, 5) is 74.5. The van der Waals surface area contributed by atoms with Crippen LogP contribution in [-0.2, 0) is 30.3 Å². The van der Waals surface area contributed by atoms with E-state index in [1.165, 1.54) is 14.2 Å². The lowest BCUT2D eigenvalue weighted by Crippen LogP contribution is -2.66. The van der Waals surface area contributed by atoms with Crippen molar-refractivity contribution in [3.8, 4) is 11.3 Å². The first-order valence-corrected chi connectivity index (χ1v) is 20.0. The second-order valence-corrected chi connectivity index (χ2v) is 15.0. The zero-order valence-electron chi connectivity index (χ0n) is 33.6. The summed E-state index contributed by atoms with van der Waals surface area (Å²) in [6.45, 7) is 4.63. The number of primary amides is 1. The van der Waals surface area contributed by atoms with Crippen molar-refractivity contribution in [3.05, 3.63) is 108 Å². The van der Waals surface area contributed by atoms with Crippen LogP contribution in [0, 0.1) is 0 Å². The molecule has 2 saturated heterocycles. The number of rotatable bonds is 14. The Labute approximate surface area is 339 Å². The number of likely N-dealkylation sites (tertiary alicyclic amines) is 2. The van der Waals surface area contributed by atoms with Gasteiger partial charge in [0.05, 0.1) is 38.7 Å². The van der Waals surface area contributed by atoms with Crippen molar-refractivity contribution < 1.29 is 33.4 Å². The van der Waals surface area contributed by atoms with Gasteiger partial charge < -0.3 is 35.7 Å². The first kappa shape index (κ1) is 41.6. The van der Waals surface area contributed by atoms with Crippen molar-refractivity contribution in [3.63, 3.8) is 0 Å². The third-order valence-electron chi connectivity index (χ3n) is 11.7. The maximum absolute atomic E-state index is 14.3. The molecule has 5 N–H and O–H groups in total. The second kappa shape index (κ2) is 18.5. The minimum atomic E-state index is -0.858. The highest BCUT2D eigenvalue weighted by Gasteiger charge is 2.55. The van der Waals surface area contributed by atoms with Crippen LogP contribution in [0.1, 0.15) is 86.8 Å². The number of nitrogens with one attached hydrogen (secondary N) is 3. The SMILES string of the molecule is CC[C@H](NC(=O)OC)C(=O)N1CCC[C@H]1c1ncc(-c2ccc(C(Cc3ccc([N+]4(C(=O)[C@H](CC)NC(=O)OC)CCC[C@H]4C(N)=O)cc3)c3ccccc3)cc2)[nH]1. The Morgan fingerprint density at radius 1 is 0.845 bits per heavy atom. The number of carbonyl (C=O) groups is 5. The number of carbonyl (C=O) groups excluding carboxylic acids is 5. The van der Waals surface area contributed by atoms with Gasteiger partial charge in [-0.25, -0.2) is 23.9 Å². The standard InChI is InChI=1S/C44H53N7O7/c1-5-34(48-43(55)57-3)41(53)50-24-10-14-37(50)40-46-27-36(47-40)31-20-18-30(19-21-31)33(29-12-8-7-9-13-29)26-28-16-22-32(23-17-28)51(25-11-15-38(51)39(45)52)42(54)35(6-2)49-44(56)58-4/h7-9,12-13,16-23,27,33-35,37-38H,5-6,10-11,14-15,24-26H2,1-4H3,(H4-,45,46,47,48,49,52,55,56)/p+1/t33?,34-,35-,37-,38-,51?/m0/s1. The van der Waals surface area contributed by atoms with Crippen molar-refractivity contribution in [1.82, 2.24) is 30.0 Å². The normalized spacial score (nSPS) is 20.4. The van der Waals surface area contributed by atoms with E-state index in [0.29, 0.717) is 56.7 Å². The molecule has 5 amide bonds. The molecule has 0 aliphatic carbocycles. The molecule has 2 aliphatic heterocycles. The lowest BCUT2D eigenvalue weighted by Gasteiger charge is -2.37. The molecular weight excluding hydrogens is 739 g/mol. The van der Waals surface area contributed by atoms with E-state index < -0.39 is 36.2 Å². The number of nitrogens with zero attached hydrogens (tertiary/aromatic N) is 3. The number of hydrogen-bond acceptors (Lipinski definition) is 8. The number of imidazole rings is 1. The van der Waals surface area contributed by atoms with Gasteiger partial charge in [0.15, 0.2) is 6.04 Å². The van der Waals surface area contributed by atoms with Crippen molar-refractivity contribution in [1.29, 1.82) is 0 Å². The third-order valence-corrected chi connectivity index (χ3v) is 11.7. The van der Waals surface area contributed by atoms with Gasteiger partial charge in [-0.15, -0.1) is 0 Å². The Morgan fingerprint density at radius 2 is 1.48 bits per heavy atom. The Morgan fingerprint density at radius 3 is 2.10 bits per heavy atom. The summed E-state index contributed by atoms with van der Waals surface area (Å²) in [5.41, 5.74) is 11.7. The predicted octanol–water partition coefficient (Wildman–Crippen LogP) is 5.87. The van der Waals surface area contributed by atoms with Crippen LogP contribution in [0.25, 0.3) is 11.3 Å². The third kappa shape index (κ3) is 8.61. The average Bonchev–Trinajstić information content (AvgIpc) is 4.05. The van der Waals surface area contributed by atoms with Crippen LogP contribution >= 0.6 is 0 Å². The van der Waals surface area contributed by atoms with E-state index in [-0.39, 0.29) is 28.3 Å². The van der Waals surface area contributed by atoms with Crippen LogP contribution in [0.2, 0.25) is 0 Å². The Balaban J connectivity index is 1.23. The van der Waals surface area contributed by atoms with Crippen molar-refractivity contribution in [2.75, 3.05) is 27.3 Å². The number of nitrogens with two attached hydrogens (primary N) is 1. The van der Waals surface area contributed by atoms with E-state index in [9.17, 15) is 24.0 Å². The molecule has 6 atom stereocenters. The first-order valence-electron chi connectivity index (χ1n) is 20.0. The first-order chi connectivity index (χ1) is 28.0. The fourth-order valence-electron chi connectivity index (χ4n) is 8.64. The van der Waals surface area contributed by atoms with Crippen LogP contribution in [0.15, 0.2) is 85.1 Å². The summed E-state index contributed by atoms with van der Waals surface area (Å²) in [7, 11) is 2.53. The number of methoxy groups -OCH3 is 2. The van der Waals surface area contributed by atoms with Gasteiger partial charge in [0, 0.05) is 25.3 Å². The lowest BCUT2D eigenvalue weighted by molar-refractivity contribution is -0.138. The zero-order chi connectivity index (χ0) is 41.4. The molecule has 0 saturated carbocycles. The van der Waals surface area contributed by atoms with E-state index in [1.54, 1.807) is 18.0 Å². The van der Waals surface area contributed by atoms with Crippen molar-refractivity contribution >= 4 is 35.6 Å². The molecule has 2 fully saturated rings. The Kier molecular flexibility index (Phi) is 13.3. The average molecular weight is 793 g/mol. The van der Waals surface area contributed by atoms with Crippen molar-refractivity contribution in [2.24, 2.45) is 5.73 Å². The van der Waals surface area contributed by atoms with Crippen molar-refractivity contribution in [2.45, 2.75) is 88.9 Å². The number of aromatic nitrogens is 2. The number of hydrogen-bond donors (Lipinski definition) is 4. The summed E-state index contributed by atoms with van der Waals surface area (Å²) in [5.74, 6) is -0.286. The molecule has 14 heteroatoms. The fraction of sp³-hybridized carbons (Fsp3) is 0.409. The van der Waals surface area contributed by atoms with Gasteiger partial charge in [-0.3, -0.25) is 9.59 Å². The summed E-state index contributed by atoms with van der Waals surface area (Å²) in [6.07, 6.45) is 4.59. The largest absolute Gasteiger partial charge is 0.453 e. The van der Waals surface area contributed by atoms with Gasteiger partial charge >= 0.3 is 18.1 Å². The van der Waals surface area contributed by atoms with Gasteiger partial charge in [-0.2, -0.15) is 0 Å². The topological polar surface area (TPSA) is 186 Å². The zero-order valence-corrected chi connectivity index (χ0v) is 33.6. The highest BCUT2D eigenvalue weighted by molar-refractivity contribution is 6.00. The number of quaternary nitrogens is 1. The molecule has 58 heavy (non-hydrogen) atoms. The smallest absolute Gasteiger partial charge is 0.407 e. The van der Waals surface area contributed by atoms with Crippen LogP contribution in [0.5, 0.6) is 0 Å². The van der Waals surface area contributed by atoms with Crippen LogP contribution in [0.3, 0.4) is 0 Å². The quantitative estimate of drug-likeness (QED) is 0.114. The minimum absolute atomic E-state index is 0.00487. The number of benzene rings is 3. The number of alkyl carbamates (subject to hydrolysis) is 2. The molecule has 3 aromatic carbocycles. The molecule has 3 heterocycles. The predicted molar refractivity (Wildman–Crippen MR) is 219 cm³/mol. The lowest BCUT2D eigenvalue weighted by atomic mass is 9.85. The summed E-state index contributed by atoms with van der Waals surface area (Å²) < 4.78 is 9.26. The Hall–Kier alpha value is -6.02. The van der Waals surface area contributed by atoms with Gasteiger partial charge in [0.2, 0.25) is 5.91 Å². The molecule has 0 spiro atoms. The van der Waals surface area contributed by atoms with Crippen LogP contribution in [-0.4, -0.2) is 90.2 Å². The minimum Gasteiger partial charge on any atom is -0.453 e. The van der Waals surface area contributed by atoms with E-state index >= 15 is 0 Å². The summed E-state index contributed by atoms with van der Waals surface area (Å²) >= 11 is 0. The number of H-pyrrole nitrogens is 1. The van der Waals surface area contributed by atoms with E-state index in [2.05, 4.69) is 52.0 Å². The van der Waals surface area contributed by atoms with Gasteiger partial charge in [-0.1, -0.05) is 80.6 Å². The molecule has 6 rings (SSSR count). The molecule has 306 valence electrons. The fourth-order valence-corrected chi connectivity index (χ4v) is 8.64. The number of ether oxygens (including phenoxy) is 2. The van der Waals surface area contributed by atoms with Gasteiger partial charge in [0.1, 0.15) is 23.6 Å². The number of amides is 5. The molecule has 1 aromatic heterocycles. The van der Waals surface area contributed by atoms with E-state index in [4.69, 9.17) is 20.2 Å². The van der Waals surface area contributed by atoms with E-state index in [0.717, 1.165) is 40.8 Å². The molecule has 14 nitrogen and oxygen atoms in total. The maximum atomic E-state index is 14.3. The second-order valence-electron chi connectivity index (χ2n) is 15.0. The molecular formula is C44H54N7O7+. The highest BCUT2D eigenvalue weighted by Crippen LogP contribution is 2.38. The molecule has 2 unspecified atom stereocenters. The molecule has 2 aliphatic rings. The van der Waals surface area contributed by atoms with Gasteiger partial charge in [-0.05, 0) is 66.5 Å². The van der Waals surface area contributed by atoms with Crippen LogP contribution < -0.4 is 20.9 Å². The Bertz CT molecular complexity index is 2070. The summed E-state index contributed by atoms with van der Waals surface area (Å²) in [5, 5.41) is 5.30. The highest BCUT2D eigenvalue weighted by atomic mass is 16.5. The summed E-state index contributed by atoms with van der Waals surface area (Å²) in [6, 6.07) is 24.0. The molecule has 4 aromatic rings.